The van der Waals surface area contributed by atoms with E-state index in [0.717, 1.165) is 5.56 Å². The normalized spacial score (nSPS) is 12.1. The van der Waals surface area contributed by atoms with Crippen LogP contribution in [0.3, 0.4) is 0 Å². The molecule has 1 rings (SSSR count). The fraction of sp³-hybridized carbons (Fsp3) is 0.429. The molecule has 104 valence electrons. The number of ether oxygens (including phenoxy) is 1. The summed E-state index contributed by atoms with van der Waals surface area (Å²) in [6.07, 6.45) is 0. The molecule has 0 aliphatic rings. The monoisotopic (exact) mass is 265 g/mol. The molecule has 0 aliphatic heterocycles. The van der Waals surface area contributed by atoms with Gasteiger partial charge < -0.3 is 15.2 Å². The number of benzene rings is 1. The summed E-state index contributed by atoms with van der Waals surface area (Å²) in [5.41, 5.74) is 0.989. The zero-order chi connectivity index (χ0) is 14.6. The number of esters is 1. The minimum atomic E-state index is -0.738. The Morgan fingerprint density at radius 1 is 1.32 bits per heavy atom. The van der Waals surface area contributed by atoms with Crippen molar-refractivity contribution in [1.82, 2.24) is 5.32 Å². The molecule has 5 nitrogen and oxygen atoms in total. The van der Waals surface area contributed by atoms with Gasteiger partial charge in [-0.1, -0.05) is 19.9 Å². The van der Waals surface area contributed by atoms with E-state index in [1.165, 1.54) is 19.2 Å². The lowest BCUT2D eigenvalue weighted by atomic mass is 10.0. The van der Waals surface area contributed by atoms with Gasteiger partial charge in [-0.25, -0.2) is 4.79 Å². The summed E-state index contributed by atoms with van der Waals surface area (Å²) in [6, 6.07) is 4.00. The molecule has 0 bridgehead atoms. The van der Waals surface area contributed by atoms with Crippen LogP contribution in [0.4, 0.5) is 0 Å². The number of aryl methyl sites for hydroxylation is 1. The molecule has 0 saturated heterocycles. The maximum atomic E-state index is 12.0. The highest BCUT2D eigenvalue weighted by Gasteiger charge is 2.26. The Labute approximate surface area is 112 Å². The van der Waals surface area contributed by atoms with Crippen LogP contribution in [0.1, 0.15) is 29.8 Å². The van der Waals surface area contributed by atoms with Gasteiger partial charge in [0, 0.05) is 0 Å². The van der Waals surface area contributed by atoms with Crippen molar-refractivity contribution in [3.05, 3.63) is 29.3 Å². The zero-order valence-corrected chi connectivity index (χ0v) is 11.6. The van der Waals surface area contributed by atoms with Gasteiger partial charge >= 0.3 is 5.97 Å². The van der Waals surface area contributed by atoms with Crippen molar-refractivity contribution in [3.63, 3.8) is 0 Å². The Morgan fingerprint density at radius 3 is 2.42 bits per heavy atom. The van der Waals surface area contributed by atoms with E-state index in [9.17, 15) is 14.7 Å². The molecule has 19 heavy (non-hydrogen) atoms. The molecule has 1 aromatic carbocycles. The van der Waals surface area contributed by atoms with Gasteiger partial charge in [0.25, 0.3) is 5.91 Å². The molecule has 0 aromatic heterocycles. The van der Waals surface area contributed by atoms with E-state index in [2.05, 4.69) is 10.1 Å². The smallest absolute Gasteiger partial charge is 0.328 e. The van der Waals surface area contributed by atoms with E-state index >= 15 is 0 Å². The van der Waals surface area contributed by atoms with Gasteiger partial charge in [-0.3, -0.25) is 4.79 Å². The average molecular weight is 265 g/mol. The molecular weight excluding hydrogens is 246 g/mol. The van der Waals surface area contributed by atoms with Crippen molar-refractivity contribution in [2.75, 3.05) is 7.11 Å². The van der Waals surface area contributed by atoms with E-state index in [4.69, 9.17) is 0 Å². The van der Waals surface area contributed by atoms with Gasteiger partial charge in [0.1, 0.15) is 11.8 Å². The molecular formula is C14H19NO4. The number of carbonyl (C=O) groups is 2. The van der Waals surface area contributed by atoms with Gasteiger partial charge in [0.2, 0.25) is 0 Å². The number of aromatic hydroxyl groups is 1. The van der Waals surface area contributed by atoms with E-state index in [1.54, 1.807) is 19.9 Å². The van der Waals surface area contributed by atoms with Crippen LogP contribution in [-0.4, -0.2) is 30.1 Å². The lowest BCUT2D eigenvalue weighted by Crippen LogP contribution is -2.45. The fourth-order valence-corrected chi connectivity index (χ4v) is 1.68. The number of nitrogens with one attached hydrogen (secondary N) is 1. The highest BCUT2D eigenvalue weighted by Crippen LogP contribution is 2.18. The van der Waals surface area contributed by atoms with Gasteiger partial charge in [0.05, 0.1) is 12.7 Å². The summed E-state index contributed by atoms with van der Waals surface area (Å²) in [6.45, 7) is 5.42. The Hall–Kier alpha value is -2.04. The Bertz CT molecular complexity index is 482. The van der Waals surface area contributed by atoms with Crippen LogP contribution in [0, 0.1) is 12.8 Å². The number of phenolic OH excluding ortho intramolecular Hbond substituents is 1. The quantitative estimate of drug-likeness (QED) is 0.811. The van der Waals surface area contributed by atoms with Crippen LogP contribution in [0.15, 0.2) is 18.2 Å². The van der Waals surface area contributed by atoms with Gasteiger partial charge in [-0.15, -0.1) is 0 Å². The molecule has 0 aliphatic carbocycles. The van der Waals surface area contributed by atoms with E-state index in [1.807, 2.05) is 6.92 Å². The summed E-state index contributed by atoms with van der Waals surface area (Å²) in [7, 11) is 1.27. The van der Waals surface area contributed by atoms with Crippen LogP contribution in [-0.2, 0) is 9.53 Å². The highest BCUT2D eigenvalue weighted by atomic mass is 16.5. The lowest BCUT2D eigenvalue weighted by molar-refractivity contribution is -0.144. The van der Waals surface area contributed by atoms with Crippen molar-refractivity contribution in [2.24, 2.45) is 5.92 Å². The van der Waals surface area contributed by atoms with E-state index in [0.29, 0.717) is 0 Å². The molecule has 2 N–H and O–H groups in total. The number of hydrogen-bond donors (Lipinski definition) is 2. The van der Waals surface area contributed by atoms with Crippen LogP contribution >= 0.6 is 0 Å². The topological polar surface area (TPSA) is 75.6 Å². The third kappa shape index (κ3) is 3.71. The van der Waals surface area contributed by atoms with Gasteiger partial charge in [0.15, 0.2) is 0 Å². The molecule has 1 unspecified atom stereocenters. The van der Waals surface area contributed by atoms with Crippen molar-refractivity contribution in [1.29, 1.82) is 0 Å². The van der Waals surface area contributed by atoms with E-state index < -0.39 is 17.9 Å². The Morgan fingerprint density at radius 2 is 1.95 bits per heavy atom. The maximum absolute atomic E-state index is 12.0. The minimum Gasteiger partial charge on any atom is -0.507 e. The molecule has 0 spiro atoms. The minimum absolute atomic E-state index is 0.107. The summed E-state index contributed by atoms with van der Waals surface area (Å²) in [5, 5.41) is 12.3. The molecule has 0 radical (unpaired) electrons. The summed E-state index contributed by atoms with van der Waals surface area (Å²) in [4.78, 5) is 23.6. The second kappa shape index (κ2) is 6.22. The van der Waals surface area contributed by atoms with Crippen LogP contribution in [0.2, 0.25) is 0 Å². The number of hydrogen-bond acceptors (Lipinski definition) is 4. The third-order valence-electron chi connectivity index (χ3n) is 2.81. The van der Waals surface area contributed by atoms with Crippen LogP contribution < -0.4 is 5.32 Å². The first-order valence-electron chi connectivity index (χ1n) is 6.05. The van der Waals surface area contributed by atoms with Crippen molar-refractivity contribution < 1.29 is 19.4 Å². The van der Waals surface area contributed by atoms with E-state index in [-0.39, 0.29) is 17.2 Å². The first kappa shape index (κ1) is 15.0. The predicted octanol–water partition coefficient (Wildman–Crippen LogP) is 1.63. The fourth-order valence-electron chi connectivity index (χ4n) is 1.68. The Balaban J connectivity index is 2.91. The number of carbonyl (C=O) groups excluding carboxylic acids is 2. The Kier molecular flexibility index (Phi) is 4.92. The summed E-state index contributed by atoms with van der Waals surface area (Å²) >= 11 is 0. The van der Waals surface area contributed by atoms with Gasteiger partial charge in [-0.2, -0.15) is 0 Å². The standard InChI is InChI=1S/C14H19NO4/c1-8(2)12(14(18)19-4)15-13(17)10-6-5-9(3)7-11(10)16/h5-8,12,16H,1-4H3,(H,15,17). The molecule has 5 heteroatoms. The van der Waals surface area contributed by atoms with Gasteiger partial charge in [-0.05, 0) is 30.5 Å². The van der Waals surface area contributed by atoms with Crippen molar-refractivity contribution >= 4 is 11.9 Å². The maximum Gasteiger partial charge on any atom is 0.328 e. The zero-order valence-electron chi connectivity index (χ0n) is 11.6. The number of amides is 1. The number of methoxy groups -OCH3 is 1. The van der Waals surface area contributed by atoms with Crippen LogP contribution in [0.25, 0.3) is 0 Å². The SMILES string of the molecule is COC(=O)C(NC(=O)c1ccc(C)cc1O)C(C)C. The molecule has 1 atom stereocenters. The molecule has 0 heterocycles. The predicted molar refractivity (Wildman–Crippen MR) is 71.0 cm³/mol. The number of rotatable bonds is 4. The average Bonchev–Trinajstić information content (AvgIpc) is 2.34. The van der Waals surface area contributed by atoms with Crippen molar-refractivity contribution in [3.8, 4) is 5.75 Å². The second-order valence-corrected chi connectivity index (χ2v) is 4.74. The first-order valence-corrected chi connectivity index (χ1v) is 6.05. The molecule has 1 aromatic rings. The van der Waals surface area contributed by atoms with Crippen LogP contribution in [0.5, 0.6) is 5.75 Å². The molecule has 0 fully saturated rings. The molecule has 0 saturated carbocycles. The number of phenols is 1. The second-order valence-electron chi connectivity index (χ2n) is 4.74. The largest absolute Gasteiger partial charge is 0.507 e. The summed E-state index contributed by atoms with van der Waals surface area (Å²) < 4.78 is 4.64. The molecule has 1 amide bonds. The summed E-state index contributed by atoms with van der Waals surface area (Å²) in [5.74, 6) is -1.22. The lowest BCUT2D eigenvalue weighted by Gasteiger charge is -2.20. The van der Waals surface area contributed by atoms with Crippen molar-refractivity contribution in [2.45, 2.75) is 26.8 Å². The third-order valence-corrected chi connectivity index (χ3v) is 2.81. The highest BCUT2D eigenvalue weighted by molar-refractivity contribution is 5.99. The first-order chi connectivity index (χ1) is 8.86.